The Morgan fingerprint density at radius 2 is 2.06 bits per heavy atom. The van der Waals surface area contributed by atoms with Gasteiger partial charge in [0, 0.05) is 23.4 Å². The molecule has 2 nitrogen and oxygen atoms in total. The van der Waals surface area contributed by atoms with Crippen molar-refractivity contribution < 1.29 is 4.42 Å². The zero-order valence-corrected chi connectivity index (χ0v) is 10.5. The fourth-order valence-corrected chi connectivity index (χ4v) is 1.84. The van der Waals surface area contributed by atoms with Gasteiger partial charge in [-0.15, -0.1) is 0 Å². The zero-order chi connectivity index (χ0) is 12.8. The molecule has 0 spiro atoms. The maximum atomic E-state index is 11.4. The van der Waals surface area contributed by atoms with Crippen molar-refractivity contribution in [3.63, 3.8) is 0 Å². The number of hydrogen-bond donors (Lipinski definition) is 0. The van der Waals surface area contributed by atoms with Gasteiger partial charge in [0.25, 0.3) is 0 Å². The van der Waals surface area contributed by atoms with E-state index in [0.29, 0.717) is 5.58 Å². The second-order valence-corrected chi connectivity index (χ2v) is 4.23. The molecule has 0 aliphatic rings. The third-order valence-electron chi connectivity index (χ3n) is 2.78. The molecule has 0 aliphatic carbocycles. The summed E-state index contributed by atoms with van der Waals surface area (Å²) < 4.78 is 5.12. The molecule has 0 atom stereocenters. The molecule has 1 heterocycles. The summed E-state index contributed by atoms with van der Waals surface area (Å²) in [5.41, 5.74) is 1.02. The summed E-state index contributed by atoms with van der Waals surface area (Å²) in [6, 6.07) is 8.96. The lowest BCUT2D eigenvalue weighted by atomic mass is 10.1. The van der Waals surface area contributed by atoms with Crippen molar-refractivity contribution >= 4 is 11.0 Å². The van der Waals surface area contributed by atoms with Crippen molar-refractivity contribution in [2.45, 2.75) is 32.6 Å². The van der Waals surface area contributed by atoms with Crippen LogP contribution in [-0.2, 0) is 0 Å². The SMILES string of the molecule is CCCCCC#Cc1cc(=O)oc2ccccc12. The third kappa shape index (κ3) is 3.01. The van der Waals surface area contributed by atoms with Crippen LogP contribution in [-0.4, -0.2) is 0 Å². The molecule has 2 heteroatoms. The fourth-order valence-electron chi connectivity index (χ4n) is 1.84. The van der Waals surface area contributed by atoms with E-state index in [-0.39, 0.29) is 5.63 Å². The monoisotopic (exact) mass is 240 g/mol. The summed E-state index contributed by atoms with van der Waals surface area (Å²) in [5.74, 6) is 6.20. The molecule has 0 unspecified atom stereocenters. The number of para-hydroxylation sites is 1. The van der Waals surface area contributed by atoms with E-state index in [0.717, 1.165) is 23.8 Å². The number of hydrogen-bond acceptors (Lipinski definition) is 2. The first-order chi connectivity index (χ1) is 8.81. The molecule has 18 heavy (non-hydrogen) atoms. The Morgan fingerprint density at radius 1 is 1.22 bits per heavy atom. The van der Waals surface area contributed by atoms with Crippen molar-refractivity contribution in [1.29, 1.82) is 0 Å². The van der Waals surface area contributed by atoms with Gasteiger partial charge in [-0.25, -0.2) is 4.79 Å². The minimum atomic E-state index is -0.341. The molecule has 1 aromatic heterocycles. The first kappa shape index (κ1) is 12.4. The fraction of sp³-hybridized carbons (Fsp3) is 0.312. The average Bonchev–Trinajstić information content (AvgIpc) is 2.38. The minimum Gasteiger partial charge on any atom is -0.423 e. The first-order valence-corrected chi connectivity index (χ1v) is 6.33. The molecule has 0 saturated heterocycles. The van der Waals surface area contributed by atoms with Crippen LogP contribution in [0.1, 0.15) is 38.2 Å². The summed E-state index contributed by atoms with van der Waals surface area (Å²) in [4.78, 5) is 11.4. The standard InChI is InChI=1S/C16H16O2/c1-2-3-4-5-6-9-13-12-16(17)18-15-11-8-7-10-14(13)15/h7-8,10-12H,2-5H2,1H3. The highest BCUT2D eigenvalue weighted by molar-refractivity contribution is 5.82. The Bertz CT molecular complexity index is 641. The van der Waals surface area contributed by atoms with Crippen LogP contribution in [0.25, 0.3) is 11.0 Å². The van der Waals surface area contributed by atoms with E-state index in [1.165, 1.54) is 18.9 Å². The molecule has 2 aromatic rings. The highest BCUT2D eigenvalue weighted by atomic mass is 16.4. The Balaban J connectivity index is 2.29. The van der Waals surface area contributed by atoms with Crippen LogP contribution in [0.5, 0.6) is 0 Å². The van der Waals surface area contributed by atoms with Crippen LogP contribution in [0.2, 0.25) is 0 Å². The quantitative estimate of drug-likeness (QED) is 0.465. The first-order valence-electron chi connectivity index (χ1n) is 6.33. The molecule has 0 saturated carbocycles. The Hall–Kier alpha value is -2.01. The van der Waals surface area contributed by atoms with Gasteiger partial charge in [0.1, 0.15) is 5.58 Å². The lowest BCUT2D eigenvalue weighted by Crippen LogP contribution is -1.98. The van der Waals surface area contributed by atoms with E-state index >= 15 is 0 Å². The predicted octanol–water partition coefficient (Wildman–Crippen LogP) is 3.72. The number of unbranched alkanes of at least 4 members (excludes halogenated alkanes) is 3. The number of rotatable bonds is 3. The lowest BCUT2D eigenvalue weighted by Gasteiger charge is -1.97. The smallest absolute Gasteiger partial charge is 0.337 e. The van der Waals surface area contributed by atoms with Gasteiger partial charge in [0.05, 0.1) is 0 Å². The topological polar surface area (TPSA) is 30.2 Å². The highest BCUT2D eigenvalue weighted by Gasteiger charge is 2.01. The molecule has 0 bridgehead atoms. The lowest BCUT2D eigenvalue weighted by molar-refractivity contribution is 0.560. The third-order valence-corrected chi connectivity index (χ3v) is 2.78. The minimum absolute atomic E-state index is 0.341. The van der Waals surface area contributed by atoms with Gasteiger partial charge < -0.3 is 4.42 Å². The second kappa shape index (κ2) is 6.07. The van der Waals surface area contributed by atoms with E-state index in [1.807, 2.05) is 18.2 Å². The molecule has 0 aliphatic heterocycles. The van der Waals surface area contributed by atoms with Crippen LogP contribution in [0.3, 0.4) is 0 Å². The van der Waals surface area contributed by atoms with Crippen molar-refractivity contribution in [3.8, 4) is 11.8 Å². The van der Waals surface area contributed by atoms with Crippen LogP contribution in [0.4, 0.5) is 0 Å². The summed E-state index contributed by atoms with van der Waals surface area (Å²) in [6.45, 7) is 2.17. The average molecular weight is 240 g/mol. The van der Waals surface area contributed by atoms with Gasteiger partial charge >= 0.3 is 5.63 Å². The Morgan fingerprint density at radius 3 is 2.89 bits per heavy atom. The van der Waals surface area contributed by atoms with E-state index in [4.69, 9.17) is 4.42 Å². The van der Waals surface area contributed by atoms with Gasteiger partial charge in [0.2, 0.25) is 0 Å². The molecule has 92 valence electrons. The zero-order valence-electron chi connectivity index (χ0n) is 10.5. The van der Waals surface area contributed by atoms with Gasteiger partial charge in [-0.2, -0.15) is 0 Å². The van der Waals surface area contributed by atoms with E-state index in [9.17, 15) is 4.79 Å². The van der Waals surface area contributed by atoms with Gasteiger partial charge in [-0.1, -0.05) is 43.7 Å². The van der Waals surface area contributed by atoms with E-state index < -0.39 is 0 Å². The summed E-state index contributed by atoms with van der Waals surface area (Å²) in [5, 5.41) is 0.903. The largest absolute Gasteiger partial charge is 0.423 e. The van der Waals surface area contributed by atoms with Crippen molar-refractivity contribution in [2.75, 3.05) is 0 Å². The molecule has 1 aromatic carbocycles. The highest BCUT2D eigenvalue weighted by Crippen LogP contribution is 2.15. The summed E-state index contributed by atoms with van der Waals surface area (Å²) in [7, 11) is 0. The number of fused-ring (bicyclic) bond motifs is 1. The van der Waals surface area contributed by atoms with Crippen molar-refractivity contribution in [1.82, 2.24) is 0 Å². The molecule has 0 radical (unpaired) electrons. The molecule has 0 N–H and O–H groups in total. The normalized spacial score (nSPS) is 10.1. The Kier molecular flexibility index (Phi) is 4.20. The van der Waals surface area contributed by atoms with Crippen LogP contribution in [0, 0.1) is 11.8 Å². The van der Waals surface area contributed by atoms with Crippen LogP contribution >= 0.6 is 0 Å². The van der Waals surface area contributed by atoms with Crippen LogP contribution < -0.4 is 5.63 Å². The van der Waals surface area contributed by atoms with Gasteiger partial charge in [-0.3, -0.25) is 0 Å². The van der Waals surface area contributed by atoms with Gasteiger partial charge in [-0.05, 0) is 18.6 Å². The molecular formula is C16H16O2. The molecule has 0 amide bonds. The number of benzene rings is 1. The van der Waals surface area contributed by atoms with Crippen molar-refractivity contribution in [2.24, 2.45) is 0 Å². The summed E-state index contributed by atoms with van der Waals surface area (Å²) in [6.07, 6.45) is 4.39. The van der Waals surface area contributed by atoms with E-state index in [1.54, 1.807) is 6.07 Å². The summed E-state index contributed by atoms with van der Waals surface area (Å²) >= 11 is 0. The van der Waals surface area contributed by atoms with Crippen LogP contribution in [0.15, 0.2) is 39.5 Å². The van der Waals surface area contributed by atoms with Gasteiger partial charge in [0.15, 0.2) is 0 Å². The second-order valence-electron chi connectivity index (χ2n) is 4.23. The molecule has 0 fully saturated rings. The Labute approximate surface area is 107 Å². The van der Waals surface area contributed by atoms with Crippen molar-refractivity contribution in [3.05, 3.63) is 46.3 Å². The van der Waals surface area contributed by atoms with E-state index in [2.05, 4.69) is 18.8 Å². The predicted molar refractivity (Wildman–Crippen MR) is 73.5 cm³/mol. The maximum absolute atomic E-state index is 11.4. The molecule has 2 rings (SSSR count). The maximum Gasteiger partial charge on any atom is 0.337 e. The molecular weight excluding hydrogens is 224 g/mol.